The monoisotopic (exact) mass is 491 g/mol. The summed E-state index contributed by atoms with van der Waals surface area (Å²) in [6.07, 6.45) is 1.39. The van der Waals surface area contributed by atoms with E-state index in [9.17, 15) is 4.79 Å². The molecule has 5 rings (SSSR count). The first-order chi connectivity index (χ1) is 17.6. The van der Waals surface area contributed by atoms with Gasteiger partial charge in [0.2, 0.25) is 17.5 Å². The van der Waals surface area contributed by atoms with E-state index in [0.717, 1.165) is 0 Å². The fraction of sp³-hybridized carbons (Fsp3) is 0.217. The molecule has 0 fully saturated rings. The third-order valence-corrected chi connectivity index (χ3v) is 5.44. The van der Waals surface area contributed by atoms with Crippen LogP contribution in [0.15, 0.2) is 52.0 Å². The minimum Gasteiger partial charge on any atom is -0.497 e. The molecule has 3 aromatic heterocycles. The van der Waals surface area contributed by atoms with Gasteiger partial charge in [0.1, 0.15) is 18.6 Å². The summed E-state index contributed by atoms with van der Waals surface area (Å²) in [4.78, 5) is 21.8. The normalized spacial score (nSPS) is 11.0. The van der Waals surface area contributed by atoms with E-state index in [1.807, 2.05) is 0 Å². The Morgan fingerprint density at radius 3 is 2.31 bits per heavy atom. The van der Waals surface area contributed by atoms with E-state index in [-0.39, 0.29) is 23.8 Å². The van der Waals surface area contributed by atoms with Crippen molar-refractivity contribution in [3.8, 4) is 40.1 Å². The van der Waals surface area contributed by atoms with Gasteiger partial charge in [0.25, 0.3) is 5.56 Å². The Labute approximate surface area is 203 Å². The molecule has 0 spiro atoms. The molecule has 0 saturated carbocycles. The van der Waals surface area contributed by atoms with E-state index in [0.29, 0.717) is 39.9 Å². The smallest absolute Gasteiger partial charge is 0.284 e. The van der Waals surface area contributed by atoms with E-state index in [1.54, 1.807) is 43.5 Å². The first-order valence-corrected chi connectivity index (χ1v) is 10.6. The summed E-state index contributed by atoms with van der Waals surface area (Å²) in [5.41, 5.74) is 1.31. The van der Waals surface area contributed by atoms with Crippen molar-refractivity contribution in [3.63, 3.8) is 0 Å². The molecule has 13 heteroatoms. The van der Waals surface area contributed by atoms with Crippen LogP contribution in [0.25, 0.3) is 28.2 Å². The fourth-order valence-electron chi connectivity index (χ4n) is 3.65. The number of hydrogen-bond acceptors (Lipinski definition) is 11. The molecule has 0 saturated heterocycles. The molecule has 5 aromatic rings. The number of aromatic nitrogens is 7. The van der Waals surface area contributed by atoms with Crippen LogP contribution in [-0.2, 0) is 6.54 Å². The molecule has 0 unspecified atom stereocenters. The van der Waals surface area contributed by atoms with E-state index >= 15 is 0 Å². The predicted octanol–water partition coefficient (Wildman–Crippen LogP) is 2.11. The largest absolute Gasteiger partial charge is 0.497 e. The maximum absolute atomic E-state index is 13.0. The lowest BCUT2D eigenvalue weighted by Crippen LogP contribution is -2.21. The molecule has 0 aliphatic rings. The van der Waals surface area contributed by atoms with Crippen molar-refractivity contribution >= 4 is 11.2 Å². The Hall–Kier alpha value is -4.94. The Kier molecular flexibility index (Phi) is 5.94. The summed E-state index contributed by atoms with van der Waals surface area (Å²) in [5.74, 6) is 2.53. The zero-order valence-corrected chi connectivity index (χ0v) is 19.8. The predicted molar refractivity (Wildman–Crippen MR) is 126 cm³/mol. The van der Waals surface area contributed by atoms with Gasteiger partial charge in [-0.05, 0) is 36.4 Å². The first kappa shape index (κ1) is 22.8. The van der Waals surface area contributed by atoms with Crippen LogP contribution in [0, 0.1) is 0 Å². The van der Waals surface area contributed by atoms with Gasteiger partial charge in [0.15, 0.2) is 22.7 Å². The number of rotatable bonds is 8. The van der Waals surface area contributed by atoms with Gasteiger partial charge < -0.3 is 23.5 Å². The molecule has 36 heavy (non-hydrogen) atoms. The van der Waals surface area contributed by atoms with Crippen molar-refractivity contribution in [1.29, 1.82) is 0 Å². The topological polar surface area (TPSA) is 141 Å². The van der Waals surface area contributed by atoms with Crippen molar-refractivity contribution in [2.24, 2.45) is 0 Å². The van der Waals surface area contributed by atoms with Gasteiger partial charge in [0, 0.05) is 5.56 Å². The van der Waals surface area contributed by atoms with Crippen LogP contribution in [0.1, 0.15) is 5.89 Å². The van der Waals surface area contributed by atoms with Gasteiger partial charge in [-0.15, -0.1) is 5.10 Å². The summed E-state index contributed by atoms with van der Waals surface area (Å²) in [7, 11) is 6.14. The van der Waals surface area contributed by atoms with Crippen LogP contribution in [0.3, 0.4) is 0 Å². The number of hydrogen-bond donors (Lipinski definition) is 0. The second kappa shape index (κ2) is 9.37. The number of benzene rings is 2. The molecule has 0 amide bonds. The summed E-state index contributed by atoms with van der Waals surface area (Å²) in [6.45, 7) is -0.00536. The zero-order valence-electron chi connectivity index (χ0n) is 19.8. The first-order valence-electron chi connectivity index (χ1n) is 10.6. The Bertz CT molecular complexity index is 1560. The number of methoxy groups -OCH3 is 4. The van der Waals surface area contributed by atoms with Crippen LogP contribution in [0.5, 0.6) is 23.0 Å². The molecule has 13 nitrogen and oxygen atoms in total. The van der Waals surface area contributed by atoms with Crippen molar-refractivity contribution in [2.75, 3.05) is 28.4 Å². The second-order valence-electron chi connectivity index (χ2n) is 7.47. The highest BCUT2D eigenvalue weighted by Crippen LogP contribution is 2.40. The molecular formula is C23H21N7O6. The van der Waals surface area contributed by atoms with Crippen LogP contribution in [-0.4, -0.2) is 63.1 Å². The summed E-state index contributed by atoms with van der Waals surface area (Å²) >= 11 is 0. The average Bonchev–Trinajstić information content (AvgIpc) is 3.57. The third kappa shape index (κ3) is 3.96. The number of ether oxygens (including phenoxy) is 4. The van der Waals surface area contributed by atoms with Gasteiger partial charge in [-0.3, -0.25) is 9.36 Å². The Morgan fingerprint density at radius 2 is 1.67 bits per heavy atom. The highest BCUT2D eigenvalue weighted by molar-refractivity contribution is 5.70. The molecule has 184 valence electrons. The summed E-state index contributed by atoms with van der Waals surface area (Å²) in [6, 6.07) is 10.6. The van der Waals surface area contributed by atoms with Crippen LogP contribution < -0.4 is 24.5 Å². The van der Waals surface area contributed by atoms with E-state index in [1.165, 1.54) is 36.9 Å². The molecule has 0 radical (unpaired) electrons. The van der Waals surface area contributed by atoms with Gasteiger partial charge in [-0.2, -0.15) is 9.67 Å². The van der Waals surface area contributed by atoms with E-state index in [2.05, 4.69) is 25.4 Å². The van der Waals surface area contributed by atoms with E-state index in [4.69, 9.17) is 23.5 Å². The van der Waals surface area contributed by atoms with Crippen molar-refractivity contribution < 1.29 is 23.5 Å². The van der Waals surface area contributed by atoms with Gasteiger partial charge in [-0.1, -0.05) is 10.4 Å². The van der Waals surface area contributed by atoms with E-state index < -0.39 is 5.56 Å². The Morgan fingerprint density at radius 1 is 0.944 bits per heavy atom. The van der Waals surface area contributed by atoms with Crippen LogP contribution >= 0.6 is 0 Å². The lowest BCUT2D eigenvalue weighted by atomic mass is 10.1. The molecule has 0 aliphatic heterocycles. The second-order valence-corrected chi connectivity index (χ2v) is 7.47. The minimum atomic E-state index is -0.396. The molecule has 0 bridgehead atoms. The highest BCUT2D eigenvalue weighted by atomic mass is 16.5. The average molecular weight is 491 g/mol. The minimum absolute atomic E-state index is 0.00536. The fourth-order valence-corrected chi connectivity index (χ4v) is 3.65. The molecule has 2 aromatic carbocycles. The maximum Gasteiger partial charge on any atom is 0.284 e. The summed E-state index contributed by atoms with van der Waals surface area (Å²) < 4.78 is 29.5. The number of nitrogens with zero attached hydrogens (tertiary/aromatic N) is 7. The number of fused-ring (bicyclic) bond motifs is 1. The molecule has 3 heterocycles. The lowest BCUT2D eigenvalue weighted by Gasteiger charge is -2.12. The maximum atomic E-state index is 13.0. The van der Waals surface area contributed by atoms with Crippen LogP contribution in [0.2, 0.25) is 0 Å². The van der Waals surface area contributed by atoms with Gasteiger partial charge in [-0.25, -0.2) is 4.98 Å². The van der Waals surface area contributed by atoms with Crippen LogP contribution in [0.4, 0.5) is 0 Å². The van der Waals surface area contributed by atoms with Crippen molar-refractivity contribution in [3.05, 3.63) is 59.0 Å². The quantitative estimate of drug-likeness (QED) is 0.315. The highest BCUT2D eigenvalue weighted by Gasteiger charge is 2.19. The van der Waals surface area contributed by atoms with Gasteiger partial charge >= 0.3 is 0 Å². The molecule has 0 aliphatic carbocycles. The lowest BCUT2D eigenvalue weighted by molar-refractivity contribution is 0.324. The van der Waals surface area contributed by atoms with Crippen molar-refractivity contribution in [2.45, 2.75) is 6.54 Å². The molecular weight excluding hydrogens is 470 g/mol. The zero-order chi connectivity index (χ0) is 25.2. The third-order valence-electron chi connectivity index (χ3n) is 5.44. The SMILES string of the molecule is COc1ccc(-n2nnc3c(=O)n(Cc4nc(-c5cc(OC)c(OC)c(OC)c5)no4)cnc32)cc1. The molecule has 0 N–H and O–H groups in total. The summed E-state index contributed by atoms with van der Waals surface area (Å²) in [5, 5.41) is 12.1. The standard InChI is InChI=1S/C23H21N7O6/c1-32-15-7-5-14(6-8-15)30-22-19(26-28-30)23(31)29(12-24-22)11-18-25-21(27-36-18)13-9-16(33-2)20(35-4)17(10-13)34-3/h5-10,12H,11H2,1-4H3. The Balaban J connectivity index is 1.44. The van der Waals surface area contributed by atoms with Gasteiger partial charge in [0.05, 0.1) is 34.1 Å². The molecule has 0 atom stereocenters. The van der Waals surface area contributed by atoms with Crippen molar-refractivity contribution in [1.82, 2.24) is 34.7 Å².